The Morgan fingerprint density at radius 3 is 2.59 bits per heavy atom. The van der Waals surface area contributed by atoms with Crippen LogP contribution in [0.3, 0.4) is 0 Å². The minimum absolute atomic E-state index is 0.160. The topological polar surface area (TPSA) is 29.5 Å². The van der Waals surface area contributed by atoms with Gasteiger partial charge in [-0.1, -0.05) is 43.2 Å². The number of hydrogen-bond acceptors (Lipinski definition) is 2. The van der Waals surface area contributed by atoms with Gasteiger partial charge in [0.1, 0.15) is 5.60 Å². The van der Waals surface area contributed by atoms with Gasteiger partial charge in [0.05, 0.1) is 0 Å². The SMILES string of the molecule is CC(C)(C)OC(=O)N1CCCCCC(Cc2ccccc2)C1. The number of hydrogen-bond donors (Lipinski definition) is 0. The van der Waals surface area contributed by atoms with E-state index in [4.69, 9.17) is 4.74 Å². The summed E-state index contributed by atoms with van der Waals surface area (Å²) in [5.41, 5.74) is 0.936. The Balaban J connectivity index is 1.99. The molecule has 0 N–H and O–H groups in total. The fourth-order valence-corrected chi connectivity index (χ4v) is 3.01. The van der Waals surface area contributed by atoms with Crippen LogP contribution in [-0.2, 0) is 11.2 Å². The summed E-state index contributed by atoms with van der Waals surface area (Å²) >= 11 is 0. The molecule has 1 aromatic carbocycles. The third-order valence-electron chi connectivity index (χ3n) is 4.04. The number of carbonyl (C=O) groups excluding carboxylic acids is 1. The molecule has 3 nitrogen and oxygen atoms in total. The first-order valence-corrected chi connectivity index (χ1v) is 8.46. The molecular weight excluding hydrogens is 274 g/mol. The van der Waals surface area contributed by atoms with Crippen molar-refractivity contribution in [3.63, 3.8) is 0 Å². The van der Waals surface area contributed by atoms with E-state index < -0.39 is 5.60 Å². The normalized spacial score (nSPS) is 20.1. The first-order chi connectivity index (χ1) is 10.4. The summed E-state index contributed by atoms with van der Waals surface area (Å²) in [6.07, 6.45) is 5.61. The van der Waals surface area contributed by atoms with Crippen LogP contribution in [0, 0.1) is 5.92 Å². The number of ether oxygens (including phenoxy) is 1. The molecule has 1 aliphatic heterocycles. The van der Waals surface area contributed by atoms with Crippen molar-refractivity contribution in [3.8, 4) is 0 Å². The Kier molecular flexibility index (Phi) is 5.87. The molecule has 1 aliphatic rings. The van der Waals surface area contributed by atoms with Crippen LogP contribution in [0.2, 0.25) is 0 Å². The van der Waals surface area contributed by atoms with Gasteiger partial charge in [-0.15, -0.1) is 0 Å². The van der Waals surface area contributed by atoms with Crippen LogP contribution in [0.15, 0.2) is 30.3 Å². The molecule has 1 saturated heterocycles. The fraction of sp³-hybridized carbons (Fsp3) is 0.632. The first kappa shape index (κ1) is 16.9. The van der Waals surface area contributed by atoms with Crippen LogP contribution in [0.4, 0.5) is 4.79 Å². The lowest BCUT2D eigenvalue weighted by molar-refractivity contribution is 0.0201. The molecule has 1 amide bonds. The van der Waals surface area contributed by atoms with Crippen LogP contribution >= 0.6 is 0 Å². The zero-order valence-corrected chi connectivity index (χ0v) is 14.2. The van der Waals surface area contributed by atoms with Gasteiger partial charge in [0.25, 0.3) is 0 Å². The van der Waals surface area contributed by atoms with Gasteiger partial charge in [-0.2, -0.15) is 0 Å². The average molecular weight is 303 g/mol. The minimum Gasteiger partial charge on any atom is -0.444 e. The predicted molar refractivity (Wildman–Crippen MR) is 89.9 cm³/mol. The smallest absolute Gasteiger partial charge is 0.410 e. The summed E-state index contributed by atoms with van der Waals surface area (Å²) < 4.78 is 5.56. The Morgan fingerprint density at radius 1 is 1.18 bits per heavy atom. The quantitative estimate of drug-likeness (QED) is 0.795. The lowest BCUT2D eigenvalue weighted by atomic mass is 9.92. The van der Waals surface area contributed by atoms with E-state index in [2.05, 4.69) is 30.3 Å². The van der Waals surface area contributed by atoms with Gasteiger partial charge < -0.3 is 9.64 Å². The highest BCUT2D eigenvalue weighted by Gasteiger charge is 2.25. The van der Waals surface area contributed by atoms with Gasteiger partial charge in [0, 0.05) is 13.1 Å². The molecule has 1 unspecified atom stereocenters. The molecule has 2 rings (SSSR count). The number of rotatable bonds is 2. The van der Waals surface area contributed by atoms with Crippen molar-refractivity contribution < 1.29 is 9.53 Å². The van der Waals surface area contributed by atoms with E-state index >= 15 is 0 Å². The van der Waals surface area contributed by atoms with E-state index in [0.717, 1.165) is 25.9 Å². The summed E-state index contributed by atoms with van der Waals surface area (Å²) in [5.74, 6) is 0.523. The van der Waals surface area contributed by atoms with E-state index in [0.29, 0.717) is 5.92 Å². The molecule has 0 spiro atoms. The second-order valence-electron chi connectivity index (χ2n) is 7.33. The van der Waals surface area contributed by atoms with Gasteiger partial charge in [-0.05, 0) is 51.5 Å². The summed E-state index contributed by atoms with van der Waals surface area (Å²) in [7, 11) is 0. The number of amides is 1. The highest BCUT2D eigenvalue weighted by Crippen LogP contribution is 2.22. The standard InChI is InChI=1S/C19H29NO2/c1-19(2,3)22-18(21)20-13-9-5-8-12-17(15-20)14-16-10-6-4-7-11-16/h4,6-7,10-11,17H,5,8-9,12-15H2,1-3H3. The van der Waals surface area contributed by atoms with Crippen LogP contribution in [0.5, 0.6) is 0 Å². The Hall–Kier alpha value is -1.51. The lowest BCUT2D eigenvalue weighted by Gasteiger charge is -2.32. The molecule has 0 aliphatic carbocycles. The first-order valence-electron chi connectivity index (χ1n) is 8.46. The molecule has 0 radical (unpaired) electrons. The van der Waals surface area contributed by atoms with E-state index in [1.165, 1.54) is 24.8 Å². The lowest BCUT2D eigenvalue weighted by Crippen LogP contribution is -2.41. The van der Waals surface area contributed by atoms with Crippen LogP contribution in [-0.4, -0.2) is 29.7 Å². The van der Waals surface area contributed by atoms with Gasteiger partial charge in [0.2, 0.25) is 0 Å². The Bertz CT molecular complexity index is 464. The highest BCUT2D eigenvalue weighted by molar-refractivity contribution is 5.68. The summed E-state index contributed by atoms with van der Waals surface area (Å²) in [5, 5.41) is 0. The Morgan fingerprint density at radius 2 is 1.91 bits per heavy atom. The zero-order chi connectivity index (χ0) is 16.0. The van der Waals surface area contributed by atoms with Crippen LogP contribution in [0.1, 0.15) is 52.0 Å². The summed E-state index contributed by atoms with van der Waals surface area (Å²) in [6.45, 7) is 7.41. The predicted octanol–water partition coefficient (Wildman–Crippen LogP) is 4.66. The summed E-state index contributed by atoms with van der Waals surface area (Å²) in [6, 6.07) is 10.6. The number of likely N-dealkylation sites (tertiary alicyclic amines) is 1. The van der Waals surface area contributed by atoms with Crippen LogP contribution < -0.4 is 0 Å². The van der Waals surface area contributed by atoms with Crippen molar-refractivity contribution in [2.24, 2.45) is 5.92 Å². The van der Waals surface area contributed by atoms with Gasteiger partial charge in [-0.25, -0.2) is 4.79 Å². The van der Waals surface area contributed by atoms with Crippen molar-refractivity contribution in [3.05, 3.63) is 35.9 Å². The van der Waals surface area contributed by atoms with Crippen molar-refractivity contribution >= 4 is 6.09 Å². The highest BCUT2D eigenvalue weighted by atomic mass is 16.6. The third-order valence-corrected chi connectivity index (χ3v) is 4.04. The van der Waals surface area contributed by atoms with Crippen LogP contribution in [0.25, 0.3) is 0 Å². The molecule has 122 valence electrons. The van der Waals surface area contributed by atoms with E-state index in [9.17, 15) is 4.79 Å². The molecule has 0 aromatic heterocycles. The maximum atomic E-state index is 12.4. The molecular formula is C19H29NO2. The van der Waals surface area contributed by atoms with Crippen molar-refractivity contribution in [2.45, 2.75) is 58.5 Å². The number of carbonyl (C=O) groups is 1. The Labute approximate surface area is 134 Å². The van der Waals surface area contributed by atoms with Gasteiger partial charge in [-0.3, -0.25) is 0 Å². The molecule has 0 saturated carbocycles. The van der Waals surface area contributed by atoms with Gasteiger partial charge in [0.15, 0.2) is 0 Å². The third kappa shape index (κ3) is 5.70. The summed E-state index contributed by atoms with van der Waals surface area (Å²) in [4.78, 5) is 14.3. The van der Waals surface area contributed by atoms with Crippen molar-refractivity contribution in [1.82, 2.24) is 4.90 Å². The second kappa shape index (κ2) is 7.66. The van der Waals surface area contributed by atoms with Crippen molar-refractivity contribution in [2.75, 3.05) is 13.1 Å². The average Bonchev–Trinajstić information content (AvgIpc) is 2.40. The molecule has 22 heavy (non-hydrogen) atoms. The molecule has 1 atom stereocenters. The monoisotopic (exact) mass is 303 g/mol. The molecule has 1 fully saturated rings. The molecule has 1 heterocycles. The number of nitrogens with zero attached hydrogens (tertiary/aromatic N) is 1. The van der Waals surface area contributed by atoms with Gasteiger partial charge >= 0.3 is 6.09 Å². The second-order valence-corrected chi connectivity index (χ2v) is 7.33. The molecule has 0 bridgehead atoms. The zero-order valence-electron chi connectivity index (χ0n) is 14.2. The van der Waals surface area contributed by atoms with E-state index in [-0.39, 0.29) is 6.09 Å². The van der Waals surface area contributed by atoms with E-state index in [1.807, 2.05) is 25.7 Å². The molecule has 3 heteroatoms. The maximum absolute atomic E-state index is 12.4. The fourth-order valence-electron chi connectivity index (χ4n) is 3.01. The van der Waals surface area contributed by atoms with Crippen molar-refractivity contribution in [1.29, 1.82) is 0 Å². The largest absolute Gasteiger partial charge is 0.444 e. The minimum atomic E-state index is -0.422. The number of benzene rings is 1. The molecule has 1 aromatic rings. The maximum Gasteiger partial charge on any atom is 0.410 e. The van der Waals surface area contributed by atoms with E-state index in [1.54, 1.807) is 0 Å².